The molecule has 1 aromatic carbocycles. The van der Waals surface area contributed by atoms with Crippen molar-refractivity contribution >= 4 is 22.9 Å². The summed E-state index contributed by atoms with van der Waals surface area (Å²) in [5.41, 5.74) is 0.381. The highest BCUT2D eigenvalue weighted by Crippen LogP contribution is 2.35. The summed E-state index contributed by atoms with van der Waals surface area (Å²) in [6.07, 6.45) is -2.38. The number of rotatable bonds is 6. The molecule has 1 saturated carbocycles. The van der Waals surface area contributed by atoms with E-state index in [4.69, 9.17) is 0 Å². The zero-order chi connectivity index (χ0) is 19.9. The maximum Gasteiger partial charge on any atom is 0.449 e. The third-order valence-corrected chi connectivity index (χ3v) is 4.59. The second kappa shape index (κ2) is 6.86. The molecule has 0 bridgehead atoms. The lowest BCUT2D eigenvalue weighted by molar-refractivity contribution is -0.147. The summed E-state index contributed by atoms with van der Waals surface area (Å²) in [5, 5.41) is 11.7. The standard InChI is InChI=1S/C18H20F3N3O3/c1-9(2)24-14-6-5-11(8-12(14)23-17(24)18(19,20)21)15(25)22-13(16(26)27)7-10-3-4-10/h5-6,8-10,13H,3-4,7H2,1-2H3,(H,22,25)(H,26,27). The predicted molar refractivity (Wildman–Crippen MR) is 91.4 cm³/mol. The number of nitrogens with one attached hydrogen (secondary N) is 1. The molecule has 1 aliphatic carbocycles. The number of carbonyl (C=O) groups is 2. The van der Waals surface area contributed by atoms with E-state index in [0.29, 0.717) is 12.3 Å². The van der Waals surface area contributed by atoms with Crippen LogP contribution in [0.4, 0.5) is 13.2 Å². The molecule has 0 aliphatic heterocycles. The minimum Gasteiger partial charge on any atom is -0.480 e. The highest BCUT2D eigenvalue weighted by atomic mass is 19.4. The van der Waals surface area contributed by atoms with Crippen molar-refractivity contribution in [2.75, 3.05) is 0 Å². The molecule has 1 aliphatic rings. The maximum absolute atomic E-state index is 13.3. The van der Waals surface area contributed by atoms with Crippen LogP contribution in [-0.2, 0) is 11.0 Å². The lowest BCUT2D eigenvalue weighted by Crippen LogP contribution is -2.41. The predicted octanol–water partition coefficient (Wildman–Crippen LogP) is 3.62. The zero-order valence-corrected chi connectivity index (χ0v) is 14.9. The van der Waals surface area contributed by atoms with Gasteiger partial charge < -0.3 is 15.0 Å². The summed E-state index contributed by atoms with van der Waals surface area (Å²) in [5.74, 6) is -2.50. The third-order valence-electron chi connectivity index (χ3n) is 4.59. The number of imidazole rings is 1. The van der Waals surface area contributed by atoms with E-state index in [-0.39, 0.29) is 16.6 Å². The Kier molecular flexibility index (Phi) is 4.88. The number of nitrogens with zero attached hydrogens (tertiary/aromatic N) is 2. The van der Waals surface area contributed by atoms with Crippen LogP contribution in [0.1, 0.15) is 55.3 Å². The zero-order valence-electron chi connectivity index (χ0n) is 14.9. The van der Waals surface area contributed by atoms with Crippen LogP contribution in [-0.4, -0.2) is 32.6 Å². The molecule has 3 rings (SSSR count). The van der Waals surface area contributed by atoms with Crippen molar-refractivity contribution in [1.82, 2.24) is 14.9 Å². The second-order valence-electron chi connectivity index (χ2n) is 7.14. The molecule has 0 radical (unpaired) electrons. The number of benzene rings is 1. The van der Waals surface area contributed by atoms with E-state index in [1.165, 1.54) is 18.2 Å². The minimum atomic E-state index is -4.62. The highest BCUT2D eigenvalue weighted by Gasteiger charge is 2.38. The molecule has 1 heterocycles. The van der Waals surface area contributed by atoms with Crippen molar-refractivity contribution in [3.8, 4) is 0 Å². The van der Waals surface area contributed by atoms with Crippen LogP contribution in [0, 0.1) is 5.92 Å². The topological polar surface area (TPSA) is 84.2 Å². The first-order chi connectivity index (χ1) is 12.6. The average molecular weight is 383 g/mol. The fourth-order valence-electron chi connectivity index (χ4n) is 3.11. The van der Waals surface area contributed by atoms with E-state index >= 15 is 0 Å². The van der Waals surface area contributed by atoms with E-state index in [0.717, 1.165) is 17.4 Å². The van der Waals surface area contributed by atoms with Crippen LogP contribution < -0.4 is 5.32 Å². The SMILES string of the molecule is CC(C)n1c(C(F)(F)F)nc2cc(C(=O)NC(CC3CC3)C(=O)O)ccc21. The quantitative estimate of drug-likeness (QED) is 0.798. The second-order valence-corrected chi connectivity index (χ2v) is 7.14. The number of halogens is 3. The fraction of sp³-hybridized carbons (Fsp3) is 0.500. The van der Waals surface area contributed by atoms with Crippen molar-refractivity contribution in [2.45, 2.75) is 51.4 Å². The molecule has 27 heavy (non-hydrogen) atoms. The summed E-state index contributed by atoms with van der Waals surface area (Å²) in [7, 11) is 0. The molecule has 2 N–H and O–H groups in total. The van der Waals surface area contributed by atoms with Crippen molar-refractivity contribution in [3.05, 3.63) is 29.6 Å². The summed E-state index contributed by atoms with van der Waals surface area (Å²) in [6, 6.07) is 2.56. The molecule has 0 saturated heterocycles. The summed E-state index contributed by atoms with van der Waals surface area (Å²) in [6.45, 7) is 3.23. The molecule has 146 valence electrons. The van der Waals surface area contributed by atoms with Crippen molar-refractivity contribution in [3.63, 3.8) is 0 Å². The molecule has 1 amide bonds. The number of carbonyl (C=O) groups excluding carboxylic acids is 1. The number of aliphatic carboxylic acids is 1. The van der Waals surface area contributed by atoms with E-state index < -0.39 is 36.0 Å². The highest BCUT2D eigenvalue weighted by molar-refractivity contribution is 5.99. The first-order valence-electron chi connectivity index (χ1n) is 8.70. The van der Waals surface area contributed by atoms with E-state index in [1.54, 1.807) is 13.8 Å². The molecule has 0 spiro atoms. The van der Waals surface area contributed by atoms with Gasteiger partial charge in [0.2, 0.25) is 5.82 Å². The molecule has 1 unspecified atom stereocenters. The third kappa shape index (κ3) is 4.06. The monoisotopic (exact) mass is 383 g/mol. The van der Waals surface area contributed by atoms with Crippen LogP contribution in [0.25, 0.3) is 11.0 Å². The van der Waals surface area contributed by atoms with Crippen molar-refractivity contribution < 1.29 is 27.9 Å². The van der Waals surface area contributed by atoms with Gasteiger partial charge in [0.05, 0.1) is 11.0 Å². The Hall–Kier alpha value is -2.58. The number of hydrogen-bond donors (Lipinski definition) is 2. The Balaban J connectivity index is 1.91. The molecule has 9 heteroatoms. The lowest BCUT2D eigenvalue weighted by atomic mass is 10.1. The molecule has 2 aromatic rings. The maximum atomic E-state index is 13.3. The Morgan fingerprint density at radius 2 is 2.00 bits per heavy atom. The van der Waals surface area contributed by atoms with Gasteiger partial charge >= 0.3 is 12.1 Å². The van der Waals surface area contributed by atoms with Gasteiger partial charge in [0.25, 0.3) is 5.91 Å². The summed E-state index contributed by atoms with van der Waals surface area (Å²) in [4.78, 5) is 27.4. The molecule has 1 fully saturated rings. The van der Waals surface area contributed by atoms with Gasteiger partial charge in [-0.05, 0) is 44.4 Å². The number of amides is 1. The molecule has 1 atom stereocenters. The Labute approximate surface area is 153 Å². The van der Waals surface area contributed by atoms with Gasteiger partial charge in [-0.2, -0.15) is 13.2 Å². The average Bonchev–Trinajstić information content (AvgIpc) is 3.28. The van der Waals surface area contributed by atoms with Gasteiger partial charge in [0.15, 0.2) is 0 Å². The van der Waals surface area contributed by atoms with Gasteiger partial charge in [-0.15, -0.1) is 0 Å². The van der Waals surface area contributed by atoms with Crippen LogP contribution >= 0.6 is 0 Å². The molecule has 6 nitrogen and oxygen atoms in total. The van der Waals surface area contributed by atoms with E-state index in [1.807, 2.05) is 0 Å². The molecular weight excluding hydrogens is 363 g/mol. The number of fused-ring (bicyclic) bond motifs is 1. The van der Waals surface area contributed by atoms with Gasteiger partial charge in [-0.1, -0.05) is 12.8 Å². The number of carboxylic acid groups (broad SMARTS) is 1. The van der Waals surface area contributed by atoms with Gasteiger partial charge in [0, 0.05) is 11.6 Å². The lowest BCUT2D eigenvalue weighted by Gasteiger charge is -2.15. The number of alkyl halides is 3. The Bertz CT molecular complexity index is 885. The van der Waals surface area contributed by atoms with Gasteiger partial charge in [0.1, 0.15) is 6.04 Å². The number of carboxylic acids is 1. The number of hydrogen-bond acceptors (Lipinski definition) is 3. The van der Waals surface area contributed by atoms with Crippen LogP contribution in [0.2, 0.25) is 0 Å². The smallest absolute Gasteiger partial charge is 0.449 e. The summed E-state index contributed by atoms with van der Waals surface area (Å²) >= 11 is 0. The van der Waals surface area contributed by atoms with Gasteiger partial charge in [-0.3, -0.25) is 4.79 Å². The van der Waals surface area contributed by atoms with Gasteiger partial charge in [-0.25, -0.2) is 9.78 Å². The van der Waals surface area contributed by atoms with Crippen molar-refractivity contribution in [1.29, 1.82) is 0 Å². The Morgan fingerprint density at radius 3 is 2.52 bits per heavy atom. The normalized spacial score (nSPS) is 15.9. The molecule has 1 aromatic heterocycles. The van der Waals surface area contributed by atoms with E-state index in [2.05, 4.69) is 10.3 Å². The first kappa shape index (κ1) is 19.2. The largest absolute Gasteiger partial charge is 0.480 e. The van der Waals surface area contributed by atoms with Crippen LogP contribution in [0.3, 0.4) is 0 Å². The van der Waals surface area contributed by atoms with Crippen LogP contribution in [0.5, 0.6) is 0 Å². The first-order valence-corrected chi connectivity index (χ1v) is 8.70. The number of aromatic nitrogens is 2. The van der Waals surface area contributed by atoms with E-state index in [9.17, 15) is 27.9 Å². The minimum absolute atomic E-state index is 0.0396. The Morgan fingerprint density at radius 1 is 1.33 bits per heavy atom. The molecular formula is C18H20F3N3O3. The van der Waals surface area contributed by atoms with Crippen LogP contribution in [0.15, 0.2) is 18.2 Å². The van der Waals surface area contributed by atoms with Crippen molar-refractivity contribution in [2.24, 2.45) is 5.92 Å². The summed E-state index contributed by atoms with van der Waals surface area (Å²) < 4.78 is 40.9. The fourth-order valence-corrected chi connectivity index (χ4v) is 3.11.